The Balaban J connectivity index is 1.27. The Hall–Kier alpha value is -2.53. The number of benzene rings is 1. The van der Waals surface area contributed by atoms with Crippen LogP contribution in [0.4, 0.5) is 0 Å². The molecule has 1 atom stereocenters. The van der Waals surface area contributed by atoms with Gasteiger partial charge in [0.25, 0.3) is 0 Å². The van der Waals surface area contributed by atoms with Crippen molar-refractivity contribution in [2.45, 2.75) is 25.3 Å². The van der Waals surface area contributed by atoms with Crippen LogP contribution in [0.2, 0.25) is 0 Å². The van der Waals surface area contributed by atoms with Gasteiger partial charge < -0.3 is 19.2 Å². The molecule has 5 heteroatoms. The van der Waals surface area contributed by atoms with Crippen LogP contribution >= 0.6 is 0 Å². The number of ether oxygens (including phenoxy) is 2. The molecule has 0 saturated carbocycles. The molecule has 3 aromatic rings. The van der Waals surface area contributed by atoms with Crippen molar-refractivity contribution < 1.29 is 9.47 Å². The number of aryl methyl sites for hydroxylation is 1. The lowest BCUT2D eigenvalue weighted by atomic mass is 10.1. The summed E-state index contributed by atoms with van der Waals surface area (Å²) in [5.74, 6) is 1.79. The molecule has 0 amide bonds. The minimum absolute atomic E-state index is 0.392. The van der Waals surface area contributed by atoms with Crippen molar-refractivity contribution in [3.05, 3.63) is 59.5 Å². The monoisotopic (exact) mass is 335 g/mol. The SMILES string of the molecule is c1ccn2cc(CCNC3CCc4cc5c(cc43)OCCO5)nc2c1. The van der Waals surface area contributed by atoms with Gasteiger partial charge in [-0.3, -0.25) is 0 Å². The van der Waals surface area contributed by atoms with Crippen LogP contribution in [-0.4, -0.2) is 29.1 Å². The van der Waals surface area contributed by atoms with E-state index in [0.29, 0.717) is 19.3 Å². The molecule has 0 fully saturated rings. The molecule has 2 aromatic heterocycles. The highest BCUT2D eigenvalue weighted by Gasteiger charge is 2.25. The molecule has 0 spiro atoms. The highest BCUT2D eigenvalue weighted by molar-refractivity contribution is 5.51. The third-order valence-corrected chi connectivity index (χ3v) is 5.07. The molecule has 0 saturated heterocycles. The molecule has 2 aliphatic rings. The van der Waals surface area contributed by atoms with Crippen molar-refractivity contribution in [2.75, 3.05) is 19.8 Å². The van der Waals surface area contributed by atoms with E-state index in [-0.39, 0.29) is 0 Å². The second-order valence-corrected chi connectivity index (χ2v) is 6.69. The maximum atomic E-state index is 5.74. The van der Waals surface area contributed by atoms with Crippen LogP contribution < -0.4 is 14.8 Å². The molecule has 3 heterocycles. The lowest BCUT2D eigenvalue weighted by Crippen LogP contribution is -2.22. The second kappa shape index (κ2) is 6.08. The molecule has 1 unspecified atom stereocenters. The molecule has 1 aliphatic carbocycles. The average molecular weight is 335 g/mol. The minimum atomic E-state index is 0.392. The number of hydrogen-bond acceptors (Lipinski definition) is 4. The summed E-state index contributed by atoms with van der Waals surface area (Å²) in [5, 5.41) is 3.69. The first kappa shape index (κ1) is 14.8. The summed E-state index contributed by atoms with van der Waals surface area (Å²) < 4.78 is 13.5. The predicted molar refractivity (Wildman–Crippen MR) is 95.4 cm³/mol. The zero-order chi connectivity index (χ0) is 16.6. The molecular formula is C20H21N3O2. The summed E-state index contributed by atoms with van der Waals surface area (Å²) in [5.41, 5.74) is 4.88. The maximum Gasteiger partial charge on any atom is 0.161 e. The van der Waals surface area contributed by atoms with Crippen molar-refractivity contribution in [1.82, 2.24) is 14.7 Å². The van der Waals surface area contributed by atoms with Crippen molar-refractivity contribution >= 4 is 5.65 Å². The van der Waals surface area contributed by atoms with Crippen molar-refractivity contribution in [3.8, 4) is 11.5 Å². The summed E-state index contributed by atoms with van der Waals surface area (Å²) in [6, 6.07) is 10.8. The Morgan fingerprint density at radius 1 is 1.16 bits per heavy atom. The van der Waals surface area contributed by atoms with Crippen molar-refractivity contribution in [1.29, 1.82) is 0 Å². The highest BCUT2D eigenvalue weighted by Crippen LogP contribution is 2.40. The zero-order valence-corrected chi connectivity index (χ0v) is 14.1. The van der Waals surface area contributed by atoms with E-state index in [9.17, 15) is 0 Å². The van der Waals surface area contributed by atoms with Gasteiger partial charge in [0.05, 0.1) is 5.69 Å². The van der Waals surface area contributed by atoms with Crippen LogP contribution in [0, 0.1) is 0 Å². The van der Waals surface area contributed by atoms with Crippen LogP contribution in [-0.2, 0) is 12.8 Å². The fraction of sp³-hybridized carbons (Fsp3) is 0.350. The summed E-state index contributed by atoms with van der Waals surface area (Å²) in [4.78, 5) is 4.67. The summed E-state index contributed by atoms with van der Waals surface area (Å²) in [6.45, 7) is 2.20. The third-order valence-electron chi connectivity index (χ3n) is 5.07. The van der Waals surface area contributed by atoms with Crippen LogP contribution in [0.15, 0.2) is 42.7 Å². The Kier molecular flexibility index (Phi) is 3.59. The van der Waals surface area contributed by atoms with Crippen molar-refractivity contribution in [2.24, 2.45) is 0 Å². The number of rotatable bonds is 4. The Morgan fingerprint density at radius 3 is 2.92 bits per heavy atom. The van der Waals surface area contributed by atoms with Gasteiger partial charge in [-0.25, -0.2) is 4.98 Å². The number of hydrogen-bond donors (Lipinski definition) is 1. The smallest absolute Gasteiger partial charge is 0.161 e. The largest absolute Gasteiger partial charge is 0.486 e. The molecule has 1 N–H and O–H groups in total. The maximum absolute atomic E-state index is 5.74. The topological polar surface area (TPSA) is 47.8 Å². The first-order chi connectivity index (χ1) is 12.4. The van der Waals surface area contributed by atoms with Gasteiger partial charge in [0.1, 0.15) is 18.9 Å². The van der Waals surface area contributed by atoms with Crippen LogP contribution in [0.1, 0.15) is 29.3 Å². The number of imidazole rings is 1. The van der Waals surface area contributed by atoms with Crippen molar-refractivity contribution in [3.63, 3.8) is 0 Å². The number of nitrogens with zero attached hydrogens (tertiary/aromatic N) is 2. The van der Waals surface area contributed by atoms with E-state index in [0.717, 1.165) is 48.6 Å². The molecule has 128 valence electrons. The van der Waals surface area contributed by atoms with E-state index in [1.165, 1.54) is 11.1 Å². The third kappa shape index (κ3) is 2.74. The van der Waals surface area contributed by atoms with Gasteiger partial charge in [-0.05, 0) is 48.2 Å². The Bertz CT molecular complexity index is 885. The Labute approximate surface area is 146 Å². The summed E-state index contributed by atoms with van der Waals surface area (Å²) >= 11 is 0. The van der Waals surface area contributed by atoms with Crippen LogP contribution in [0.5, 0.6) is 11.5 Å². The molecule has 5 nitrogen and oxygen atoms in total. The predicted octanol–water partition coefficient (Wildman–Crippen LogP) is 2.93. The van der Waals surface area contributed by atoms with Crippen LogP contribution in [0.25, 0.3) is 5.65 Å². The Morgan fingerprint density at radius 2 is 2.04 bits per heavy atom. The molecule has 5 rings (SSSR count). The number of fused-ring (bicyclic) bond motifs is 3. The second-order valence-electron chi connectivity index (χ2n) is 6.69. The van der Waals surface area contributed by atoms with Gasteiger partial charge in [-0.2, -0.15) is 0 Å². The van der Waals surface area contributed by atoms with Gasteiger partial charge in [0.15, 0.2) is 11.5 Å². The first-order valence-corrected chi connectivity index (χ1v) is 8.95. The highest BCUT2D eigenvalue weighted by atomic mass is 16.6. The van der Waals surface area contributed by atoms with Gasteiger partial charge in [0.2, 0.25) is 0 Å². The molecule has 1 aromatic carbocycles. The van der Waals surface area contributed by atoms with Crippen LogP contribution in [0.3, 0.4) is 0 Å². The molecule has 0 bridgehead atoms. The fourth-order valence-corrected chi connectivity index (χ4v) is 3.84. The lowest BCUT2D eigenvalue weighted by Gasteiger charge is -2.21. The summed E-state index contributed by atoms with van der Waals surface area (Å²) in [7, 11) is 0. The average Bonchev–Trinajstić information content (AvgIpc) is 3.23. The number of aromatic nitrogens is 2. The van der Waals surface area contributed by atoms with E-state index in [1.54, 1.807) is 0 Å². The van der Waals surface area contributed by atoms with Gasteiger partial charge in [0, 0.05) is 31.4 Å². The van der Waals surface area contributed by atoms with E-state index in [4.69, 9.17) is 9.47 Å². The number of nitrogens with one attached hydrogen (secondary N) is 1. The minimum Gasteiger partial charge on any atom is -0.486 e. The standard InChI is InChI=1S/C20H21N3O2/c1-2-8-23-13-15(22-20(23)3-1)6-7-21-17-5-4-14-11-18-19(12-16(14)17)25-10-9-24-18/h1-3,8,11-13,17,21H,4-7,9-10H2. The first-order valence-electron chi connectivity index (χ1n) is 8.95. The summed E-state index contributed by atoms with van der Waals surface area (Å²) in [6.07, 6.45) is 7.30. The number of pyridine rings is 1. The lowest BCUT2D eigenvalue weighted by molar-refractivity contribution is 0.171. The normalized spacial score (nSPS) is 18.5. The molecule has 25 heavy (non-hydrogen) atoms. The fourth-order valence-electron chi connectivity index (χ4n) is 3.84. The zero-order valence-electron chi connectivity index (χ0n) is 14.1. The molecule has 0 radical (unpaired) electrons. The van der Waals surface area contributed by atoms with E-state index >= 15 is 0 Å². The molecular weight excluding hydrogens is 314 g/mol. The van der Waals surface area contributed by atoms with Gasteiger partial charge in [-0.15, -0.1) is 0 Å². The molecule has 1 aliphatic heterocycles. The van der Waals surface area contributed by atoms with E-state index in [1.807, 2.05) is 24.4 Å². The van der Waals surface area contributed by atoms with Gasteiger partial charge >= 0.3 is 0 Å². The van der Waals surface area contributed by atoms with E-state index in [2.05, 4.69) is 33.0 Å². The van der Waals surface area contributed by atoms with Gasteiger partial charge in [-0.1, -0.05) is 6.07 Å². The van der Waals surface area contributed by atoms with E-state index < -0.39 is 0 Å². The quantitative estimate of drug-likeness (QED) is 0.796.